The molecule has 3 aromatic heterocycles. The summed E-state index contributed by atoms with van der Waals surface area (Å²) in [5, 5.41) is 27.3. The molecule has 55 heavy (non-hydrogen) atoms. The highest BCUT2D eigenvalue weighted by Gasteiger charge is 2.22. The van der Waals surface area contributed by atoms with Gasteiger partial charge in [-0.1, -0.05) is 103 Å². The lowest BCUT2D eigenvalue weighted by Crippen LogP contribution is -2.00. The smallest absolute Gasteiger partial charge is 0.0998 e. The summed E-state index contributed by atoms with van der Waals surface area (Å²) in [7, 11) is 0. The molecule has 0 radical (unpaired) electrons. The number of nitrogens with zero attached hydrogens (tertiary/aromatic N) is 5. The van der Waals surface area contributed by atoms with E-state index in [2.05, 4.69) is 165 Å². The van der Waals surface area contributed by atoms with E-state index in [4.69, 9.17) is 0 Å². The Bertz CT molecular complexity index is 3400. The zero-order valence-electron chi connectivity index (χ0n) is 29.5. The molecule has 11 rings (SSSR count). The molecule has 0 bridgehead atoms. The van der Waals surface area contributed by atoms with Gasteiger partial charge in [-0.3, -0.25) is 0 Å². The Hall–Kier alpha value is -7.86. The van der Waals surface area contributed by atoms with Crippen LogP contribution in [0, 0.1) is 22.7 Å². The second-order valence-corrected chi connectivity index (χ2v) is 13.9. The van der Waals surface area contributed by atoms with Gasteiger partial charge in [0.15, 0.2) is 0 Å². The van der Waals surface area contributed by atoms with Crippen molar-refractivity contribution in [2.45, 2.75) is 0 Å². The number of hydrogen-bond donors (Lipinski definition) is 0. The highest BCUT2D eigenvalue weighted by molar-refractivity contribution is 6.17. The van der Waals surface area contributed by atoms with Crippen LogP contribution in [0.5, 0.6) is 0 Å². The number of benzene rings is 8. The third kappa shape index (κ3) is 4.33. The predicted octanol–water partition coefficient (Wildman–Crippen LogP) is 12.4. The number of rotatable bonds is 4. The van der Waals surface area contributed by atoms with Crippen LogP contribution < -0.4 is 0 Å². The molecule has 0 spiro atoms. The molecule has 0 fully saturated rings. The van der Waals surface area contributed by atoms with Crippen molar-refractivity contribution in [1.82, 2.24) is 13.7 Å². The van der Waals surface area contributed by atoms with Crippen LogP contribution in [0.1, 0.15) is 11.1 Å². The van der Waals surface area contributed by atoms with Crippen LogP contribution in [-0.4, -0.2) is 13.7 Å². The van der Waals surface area contributed by atoms with Gasteiger partial charge in [-0.25, -0.2) is 0 Å². The summed E-state index contributed by atoms with van der Waals surface area (Å²) in [5.74, 6) is 0. The van der Waals surface area contributed by atoms with Crippen LogP contribution in [0.3, 0.4) is 0 Å². The van der Waals surface area contributed by atoms with E-state index in [1.54, 1.807) is 0 Å². The Kier molecular flexibility index (Phi) is 6.61. The van der Waals surface area contributed by atoms with E-state index in [0.29, 0.717) is 11.1 Å². The zero-order valence-corrected chi connectivity index (χ0v) is 29.5. The van der Waals surface area contributed by atoms with E-state index >= 15 is 0 Å². The molecule has 0 saturated carbocycles. The summed E-state index contributed by atoms with van der Waals surface area (Å²) in [6.07, 6.45) is 0. The molecule has 8 aromatic carbocycles. The van der Waals surface area contributed by atoms with Gasteiger partial charge in [0.1, 0.15) is 0 Å². The maximum Gasteiger partial charge on any atom is 0.0998 e. The minimum absolute atomic E-state index is 0.602. The second-order valence-electron chi connectivity index (χ2n) is 13.9. The lowest BCUT2D eigenvalue weighted by Gasteiger charge is -2.17. The maximum atomic E-state index is 10.6. The quantitative estimate of drug-likeness (QED) is 0.184. The van der Waals surface area contributed by atoms with Gasteiger partial charge in [0, 0.05) is 43.6 Å². The van der Waals surface area contributed by atoms with Crippen molar-refractivity contribution in [3.8, 4) is 40.3 Å². The Morgan fingerprint density at radius 1 is 0.327 bits per heavy atom. The summed E-state index contributed by atoms with van der Waals surface area (Å²) in [6.45, 7) is 0. The largest absolute Gasteiger partial charge is 0.309 e. The molecule has 0 amide bonds. The molecule has 0 aliphatic rings. The van der Waals surface area contributed by atoms with Gasteiger partial charge in [0.05, 0.1) is 67.7 Å². The lowest BCUT2D eigenvalue weighted by molar-refractivity contribution is 1.16. The van der Waals surface area contributed by atoms with Crippen molar-refractivity contribution in [3.05, 3.63) is 187 Å². The second kappa shape index (κ2) is 11.8. The molecule has 0 N–H and O–H groups in total. The Morgan fingerprint density at radius 2 is 0.764 bits per heavy atom. The van der Waals surface area contributed by atoms with Gasteiger partial charge < -0.3 is 13.7 Å². The molecule has 11 aromatic rings. The normalized spacial score (nSPS) is 11.6. The molecule has 5 heteroatoms. The van der Waals surface area contributed by atoms with Crippen LogP contribution in [-0.2, 0) is 0 Å². The van der Waals surface area contributed by atoms with Crippen molar-refractivity contribution in [2.75, 3.05) is 0 Å². The number of aromatic nitrogens is 3. The summed E-state index contributed by atoms with van der Waals surface area (Å²) in [5.41, 5.74) is 12.6. The average molecular weight is 700 g/mol. The van der Waals surface area contributed by atoms with Crippen LogP contribution in [0.4, 0.5) is 0 Å². The van der Waals surface area contributed by atoms with Gasteiger partial charge in [0.25, 0.3) is 0 Å². The molecular weight excluding hydrogens is 671 g/mol. The Morgan fingerprint density at radius 3 is 1.40 bits per heavy atom. The van der Waals surface area contributed by atoms with E-state index in [9.17, 15) is 10.5 Å². The van der Waals surface area contributed by atoms with Gasteiger partial charge >= 0.3 is 0 Å². The molecule has 0 saturated heterocycles. The molecule has 0 aliphatic carbocycles. The zero-order chi connectivity index (χ0) is 36.6. The molecule has 0 atom stereocenters. The summed E-state index contributed by atoms with van der Waals surface area (Å²) >= 11 is 0. The van der Waals surface area contributed by atoms with Gasteiger partial charge in [-0.05, 0) is 78.4 Å². The van der Waals surface area contributed by atoms with Crippen molar-refractivity contribution in [1.29, 1.82) is 10.5 Å². The van der Waals surface area contributed by atoms with Crippen molar-refractivity contribution in [3.63, 3.8) is 0 Å². The predicted molar refractivity (Wildman–Crippen MR) is 224 cm³/mol. The number of fused-ring (bicyclic) bond motifs is 9. The molecule has 3 heterocycles. The monoisotopic (exact) mass is 699 g/mol. The SMILES string of the molecule is N#Cc1cccc(-n2c3ccccc3c3c(-n4c5ccccc5c5ccccc54)cccc32)c1-c1ccc(-n2c3ccccc3c3c(C#N)cccc32)cc1. The number of para-hydroxylation sites is 4. The first-order valence-corrected chi connectivity index (χ1v) is 18.3. The van der Waals surface area contributed by atoms with E-state index in [1.807, 2.05) is 36.4 Å². The molecule has 5 nitrogen and oxygen atoms in total. The van der Waals surface area contributed by atoms with E-state index in [1.165, 1.54) is 10.8 Å². The first kappa shape index (κ1) is 30.7. The fourth-order valence-corrected chi connectivity index (χ4v) is 8.92. The first-order chi connectivity index (χ1) is 27.2. The van der Waals surface area contributed by atoms with Crippen molar-refractivity contribution in [2.24, 2.45) is 0 Å². The van der Waals surface area contributed by atoms with E-state index in [0.717, 1.165) is 82.8 Å². The maximum absolute atomic E-state index is 10.6. The average Bonchev–Trinajstić information content (AvgIpc) is 3.89. The standard InChI is InChI=1S/C50H29N5/c51-30-33-12-9-22-44(48(33)32-26-28-35(29-27-32)53-42-20-7-3-16-38(42)49-34(31-52)13-10-23-45(49)53)55-43-21-8-4-17-39(43)50-46(24-11-25-47(50)55)54-40-18-5-1-14-36(40)37-15-2-6-19-41(37)54/h1-29H. The Labute approximate surface area is 316 Å². The number of nitriles is 2. The summed E-state index contributed by atoms with van der Waals surface area (Å²) < 4.78 is 6.93. The fourth-order valence-electron chi connectivity index (χ4n) is 8.92. The fraction of sp³-hybridized carbons (Fsp3) is 0. The van der Waals surface area contributed by atoms with Crippen molar-refractivity contribution < 1.29 is 0 Å². The summed E-state index contributed by atoms with van der Waals surface area (Å²) in [4.78, 5) is 0. The molecule has 0 unspecified atom stereocenters. The van der Waals surface area contributed by atoms with Crippen molar-refractivity contribution >= 4 is 65.4 Å². The van der Waals surface area contributed by atoms with Gasteiger partial charge in [0.2, 0.25) is 0 Å². The van der Waals surface area contributed by atoms with Gasteiger partial charge in [-0.15, -0.1) is 0 Å². The van der Waals surface area contributed by atoms with Crippen LogP contribution in [0.25, 0.3) is 93.6 Å². The molecule has 254 valence electrons. The molecular formula is C50H29N5. The topological polar surface area (TPSA) is 62.4 Å². The summed E-state index contributed by atoms with van der Waals surface area (Å²) in [6, 6.07) is 65.9. The minimum Gasteiger partial charge on any atom is -0.309 e. The Balaban J connectivity index is 1.15. The highest BCUT2D eigenvalue weighted by Crippen LogP contribution is 2.42. The van der Waals surface area contributed by atoms with Gasteiger partial charge in [-0.2, -0.15) is 10.5 Å². The third-order valence-corrected chi connectivity index (χ3v) is 11.1. The highest BCUT2D eigenvalue weighted by atomic mass is 15.0. The third-order valence-electron chi connectivity index (χ3n) is 11.1. The first-order valence-electron chi connectivity index (χ1n) is 18.3. The van der Waals surface area contributed by atoms with Crippen LogP contribution >= 0.6 is 0 Å². The lowest BCUT2D eigenvalue weighted by atomic mass is 9.97. The number of hydrogen-bond acceptors (Lipinski definition) is 2. The minimum atomic E-state index is 0.602. The van der Waals surface area contributed by atoms with E-state index < -0.39 is 0 Å². The molecule has 0 aliphatic heterocycles. The van der Waals surface area contributed by atoms with E-state index in [-0.39, 0.29) is 0 Å². The van der Waals surface area contributed by atoms with Crippen LogP contribution in [0.15, 0.2) is 176 Å². The van der Waals surface area contributed by atoms with Crippen LogP contribution in [0.2, 0.25) is 0 Å².